The molecular formula is C7H11NO. The smallest absolute Gasteiger partial charge is 0.159 e. The van der Waals surface area contributed by atoms with Gasteiger partial charge in [0.25, 0.3) is 0 Å². The third-order valence-corrected chi connectivity index (χ3v) is 0.993. The minimum absolute atomic E-state index is 0.0409. The molecule has 0 rings (SSSR count). The zero-order valence-corrected chi connectivity index (χ0v) is 5.72. The van der Waals surface area contributed by atoms with Crippen LogP contribution in [0.3, 0.4) is 0 Å². The van der Waals surface area contributed by atoms with Crippen LogP contribution in [-0.2, 0) is 4.79 Å². The van der Waals surface area contributed by atoms with E-state index >= 15 is 0 Å². The lowest BCUT2D eigenvalue weighted by atomic mass is 10.2. The average molecular weight is 125 g/mol. The summed E-state index contributed by atoms with van der Waals surface area (Å²) in [5, 5.41) is 0. The molecule has 0 aliphatic carbocycles. The molecule has 50 valence electrons. The maximum atomic E-state index is 10.6. The van der Waals surface area contributed by atoms with Crippen LogP contribution in [0.5, 0.6) is 0 Å². The topological polar surface area (TPSA) is 43.1 Å². The number of hydrogen-bond donors (Lipinski definition) is 1. The van der Waals surface area contributed by atoms with Crippen molar-refractivity contribution >= 4 is 5.78 Å². The number of ketones is 1. The molecule has 0 saturated carbocycles. The first-order valence-electron chi connectivity index (χ1n) is 2.78. The van der Waals surface area contributed by atoms with Crippen LogP contribution in [0.25, 0.3) is 0 Å². The molecule has 9 heavy (non-hydrogen) atoms. The molecule has 0 unspecified atom stereocenters. The number of allylic oxidation sites excluding steroid dienone is 3. The summed E-state index contributed by atoms with van der Waals surface area (Å²) < 4.78 is 0. The molecule has 0 atom stereocenters. The van der Waals surface area contributed by atoms with Crippen molar-refractivity contribution in [3.05, 3.63) is 23.9 Å². The van der Waals surface area contributed by atoms with Gasteiger partial charge in [0.1, 0.15) is 0 Å². The van der Waals surface area contributed by atoms with E-state index < -0.39 is 0 Å². The van der Waals surface area contributed by atoms with E-state index in [4.69, 9.17) is 5.73 Å². The van der Waals surface area contributed by atoms with Gasteiger partial charge in [-0.05, 0) is 26.1 Å². The highest BCUT2D eigenvalue weighted by Gasteiger charge is 1.93. The molecule has 0 aromatic rings. The van der Waals surface area contributed by atoms with E-state index in [9.17, 15) is 4.79 Å². The number of nitrogens with two attached hydrogens (primary N) is 1. The summed E-state index contributed by atoms with van der Waals surface area (Å²) in [6.07, 6.45) is 4.67. The Balaban J connectivity index is 4.19. The van der Waals surface area contributed by atoms with E-state index in [0.29, 0.717) is 5.57 Å². The number of Topliss-reactive ketones (excluding diaryl/α,β-unsaturated/α-hetero) is 1. The fraction of sp³-hybridized carbons (Fsp3) is 0.286. The Morgan fingerprint density at radius 1 is 1.56 bits per heavy atom. The van der Waals surface area contributed by atoms with Gasteiger partial charge in [-0.15, -0.1) is 0 Å². The van der Waals surface area contributed by atoms with Crippen molar-refractivity contribution in [1.82, 2.24) is 0 Å². The van der Waals surface area contributed by atoms with Crippen molar-refractivity contribution in [1.29, 1.82) is 0 Å². The third-order valence-electron chi connectivity index (χ3n) is 0.993. The second-order valence-electron chi connectivity index (χ2n) is 1.66. The Hall–Kier alpha value is -1.05. The lowest BCUT2D eigenvalue weighted by molar-refractivity contribution is -0.113. The molecular weight excluding hydrogens is 114 g/mol. The van der Waals surface area contributed by atoms with Crippen LogP contribution >= 0.6 is 0 Å². The largest absolute Gasteiger partial charge is 0.405 e. The van der Waals surface area contributed by atoms with Crippen LogP contribution in [0, 0.1) is 0 Å². The van der Waals surface area contributed by atoms with Crippen LogP contribution in [-0.4, -0.2) is 5.78 Å². The van der Waals surface area contributed by atoms with Crippen molar-refractivity contribution in [2.45, 2.75) is 13.8 Å². The molecule has 0 saturated heterocycles. The predicted molar refractivity (Wildman–Crippen MR) is 37.8 cm³/mol. The molecule has 2 heteroatoms. The molecule has 0 aliphatic heterocycles. The Bertz CT molecular complexity index is 156. The lowest BCUT2D eigenvalue weighted by Crippen LogP contribution is -1.93. The fourth-order valence-corrected chi connectivity index (χ4v) is 0.521. The first-order chi connectivity index (χ1) is 4.22. The third kappa shape index (κ3) is 2.69. The standard InChI is InChI=1S/C7H11NO/c1-3-7(4-5-8)6(2)9/h3-5H,8H2,1-2H3/b5-4-,7-3+. The van der Waals surface area contributed by atoms with Crippen LogP contribution < -0.4 is 5.73 Å². The van der Waals surface area contributed by atoms with Gasteiger partial charge in [0.15, 0.2) is 5.78 Å². The summed E-state index contributed by atoms with van der Waals surface area (Å²) >= 11 is 0. The molecule has 2 nitrogen and oxygen atoms in total. The number of rotatable bonds is 2. The van der Waals surface area contributed by atoms with E-state index in [1.54, 1.807) is 19.1 Å². The van der Waals surface area contributed by atoms with Gasteiger partial charge >= 0.3 is 0 Å². The molecule has 0 spiro atoms. The zero-order chi connectivity index (χ0) is 7.28. The molecule has 0 aliphatic rings. The van der Waals surface area contributed by atoms with E-state index in [1.165, 1.54) is 13.1 Å². The highest BCUT2D eigenvalue weighted by Crippen LogP contribution is 1.95. The molecule has 0 radical (unpaired) electrons. The van der Waals surface area contributed by atoms with Gasteiger partial charge in [-0.3, -0.25) is 4.79 Å². The Morgan fingerprint density at radius 2 is 2.11 bits per heavy atom. The summed E-state index contributed by atoms with van der Waals surface area (Å²) in [7, 11) is 0. The first-order valence-corrected chi connectivity index (χ1v) is 2.78. The number of carbonyl (C=O) groups is 1. The summed E-state index contributed by atoms with van der Waals surface area (Å²) in [6, 6.07) is 0. The van der Waals surface area contributed by atoms with Crippen molar-refractivity contribution in [2.24, 2.45) is 5.73 Å². The van der Waals surface area contributed by atoms with Gasteiger partial charge in [-0.1, -0.05) is 6.08 Å². The monoisotopic (exact) mass is 125 g/mol. The lowest BCUT2D eigenvalue weighted by Gasteiger charge is -1.89. The highest BCUT2D eigenvalue weighted by atomic mass is 16.1. The molecule has 0 heterocycles. The van der Waals surface area contributed by atoms with Gasteiger partial charge in [-0.25, -0.2) is 0 Å². The molecule has 0 amide bonds. The molecule has 2 N–H and O–H groups in total. The zero-order valence-electron chi connectivity index (χ0n) is 5.72. The average Bonchev–Trinajstić information content (AvgIpc) is 1.82. The molecule has 0 fully saturated rings. The highest BCUT2D eigenvalue weighted by molar-refractivity contribution is 5.95. The van der Waals surface area contributed by atoms with Gasteiger partial charge in [-0.2, -0.15) is 0 Å². The fourth-order valence-electron chi connectivity index (χ4n) is 0.521. The van der Waals surface area contributed by atoms with Crippen molar-refractivity contribution in [2.75, 3.05) is 0 Å². The van der Waals surface area contributed by atoms with Crippen molar-refractivity contribution < 1.29 is 4.79 Å². The van der Waals surface area contributed by atoms with E-state index in [-0.39, 0.29) is 5.78 Å². The maximum absolute atomic E-state index is 10.6. The summed E-state index contributed by atoms with van der Waals surface area (Å²) in [6.45, 7) is 3.31. The van der Waals surface area contributed by atoms with Crippen LogP contribution in [0.15, 0.2) is 23.9 Å². The summed E-state index contributed by atoms with van der Waals surface area (Å²) in [4.78, 5) is 10.6. The van der Waals surface area contributed by atoms with E-state index in [1.807, 2.05) is 0 Å². The second kappa shape index (κ2) is 3.89. The van der Waals surface area contributed by atoms with Gasteiger partial charge < -0.3 is 5.73 Å². The van der Waals surface area contributed by atoms with E-state index in [2.05, 4.69) is 0 Å². The van der Waals surface area contributed by atoms with Crippen LogP contribution in [0.2, 0.25) is 0 Å². The summed E-state index contributed by atoms with van der Waals surface area (Å²) in [5.74, 6) is 0.0409. The maximum Gasteiger partial charge on any atom is 0.159 e. The Morgan fingerprint density at radius 3 is 2.22 bits per heavy atom. The van der Waals surface area contributed by atoms with Gasteiger partial charge in [0.2, 0.25) is 0 Å². The SMILES string of the molecule is C/C=C(\C=C/N)C(C)=O. The predicted octanol–water partition coefficient (Wildman–Crippen LogP) is 0.994. The van der Waals surface area contributed by atoms with Gasteiger partial charge in [0, 0.05) is 5.57 Å². The minimum atomic E-state index is 0.0409. The minimum Gasteiger partial charge on any atom is -0.405 e. The quantitative estimate of drug-likeness (QED) is 0.442. The van der Waals surface area contributed by atoms with Crippen molar-refractivity contribution in [3.63, 3.8) is 0 Å². The van der Waals surface area contributed by atoms with E-state index in [0.717, 1.165) is 0 Å². The second-order valence-corrected chi connectivity index (χ2v) is 1.66. The van der Waals surface area contributed by atoms with Crippen molar-refractivity contribution in [3.8, 4) is 0 Å². The number of hydrogen-bond acceptors (Lipinski definition) is 2. The number of carbonyl (C=O) groups excluding carboxylic acids is 1. The molecule has 0 aromatic heterocycles. The Kier molecular flexibility index (Phi) is 3.44. The molecule has 0 bridgehead atoms. The van der Waals surface area contributed by atoms with Crippen LogP contribution in [0.4, 0.5) is 0 Å². The van der Waals surface area contributed by atoms with Crippen LogP contribution in [0.1, 0.15) is 13.8 Å². The van der Waals surface area contributed by atoms with Gasteiger partial charge in [0.05, 0.1) is 0 Å². The first kappa shape index (κ1) is 7.95. The Labute approximate surface area is 55.1 Å². The molecule has 0 aromatic carbocycles. The summed E-state index contributed by atoms with van der Waals surface area (Å²) in [5.41, 5.74) is 5.72. The normalized spacial score (nSPS) is 12.4.